The minimum Gasteiger partial charge on any atom is -0.328 e. The molecule has 3 atom stereocenters. The lowest BCUT2D eigenvalue weighted by Gasteiger charge is -2.47. The zero-order chi connectivity index (χ0) is 13.0. The molecule has 0 saturated carbocycles. The first-order valence-electron chi connectivity index (χ1n) is 7.94. The second-order valence-electron chi connectivity index (χ2n) is 6.30. The van der Waals surface area contributed by atoms with E-state index < -0.39 is 0 Å². The molecule has 0 aliphatic carbocycles. The molecule has 2 heterocycles. The highest BCUT2D eigenvalue weighted by molar-refractivity contribution is 4.89. The van der Waals surface area contributed by atoms with Crippen molar-refractivity contribution in [3.05, 3.63) is 0 Å². The molecule has 0 radical (unpaired) electrons. The SMILES string of the molecule is CCC(N)CCCN1CC2CCCCN2CC1C. The van der Waals surface area contributed by atoms with Gasteiger partial charge in [0.2, 0.25) is 0 Å². The summed E-state index contributed by atoms with van der Waals surface area (Å²) in [5.74, 6) is 0. The second-order valence-corrected chi connectivity index (χ2v) is 6.30. The molecule has 106 valence electrons. The lowest BCUT2D eigenvalue weighted by atomic mass is 9.97. The molecule has 3 unspecified atom stereocenters. The van der Waals surface area contributed by atoms with E-state index in [-0.39, 0.29) is 0 Å². The average molecular weight is 253 g/mol. The molecule has 0 aromatic carbocycles. The molecular formula is C15H31N3. The monoisotopic (exact) mass is 253 g/mol. The van der Waals surface area contributed by atoms with E-state index in [0.29, 0.717) is 6.04 Å². The maximum atomic E-state index is 6.00. The van der Waals surface area contributed by atoms with Crippen LogP contribution in [0.25, 0.3) is 0 Å². The lowest BCUT2D eigenvalue weighted by molar-refractivity contribution is 0.0145. The molecular weight excluding hydrogens is 222 g/mol. The summed E-state index contributed by atoms with van der Waals surface area (Å²) in [7, 11) is 0. The van der Waals surface area contributed by atoms with Gasteiger partial charge in [-0.05, 0) is 52.1 Å². The zero-order valence-corrected chi connectivity index (χ0v) is 12.3. The lowest BCUT2D eigenvalue weighted by Crippen LogP contribution is -2.58. The topological polar surface area (TPSA) is 32.5 Å². The highest BCUT2D eigenvalue weighted by Crippen LogP contribution is 2.24. The van der Waals surface area contributed by atoms with Crippen LogP contribution in [0.5, 0.6) is 0 Å². The van der Waals surface area contributed by atoms with E-state index in [1.807, 2.05) is 0 Å². The molecule has 2 rings (SSSR count). The molecule has 2 saturated heterocycles. The van der Waals surface area contributed by atoms with Crippen LogP contribution in [0.3, 0.4) is 0 Å². The van der Waals surface area contributed by atoms with Crippen molar-refractivity contribution in [2.24, 2.45) is 5.73 Å². The van der Waals surface area contributed by atoms with Crippen molar-refractivity contribution in [2.75, 3.05) is 26.2 Å². The van der Waals surface area contributed by atoms with E-state index in [2.05, 4.69) is 23.6 Å². The molecule has 2 aliphatic heterocycles. The molecule has 0 bridgehead atoms. The molecule has 2 aliphatic rings. The van der Waals surface area contributed by atoms with Crippen LogP contribution in [0.2, 0.25) is 0 Å². The quantitative estimate of drug-likeness (QED) is 0.814. The minimum absolute atomic E-state index is 0.413. The van der Waals surface area contributed by atoms with Crippen LogP contribution in [0, 0.1) is 0 Å². The normalized spacial score (nSPS) is 32.2. The summed E-state index contributed by atoms with van der Waals surface area (Å²) in [6.07, 6.45) is 7.84. The van der Waals surface area contributed by atoms with Gasteiger partial charge in [-0.15, -0.1) is 0 Å². The summed E-state index contributed by atoms with van der Waals surface area (Å²) in [6.45, 7) is 9.74. The molecule has 0 amide bonds. The highest BCUT2D eigenvalue weighted by Gasteiger charge is 2.32. The van der Waals surface area contributed by atoms with E-state index in [9.17, 15) is 0 Å². The predicted octanol–water partition coefficient (Wildman–Crippen LogP) is 2.06. The van der Waals surface area contributed by atoms with Gasteiger partial charge in [0.1, 0.15) is 0 Å². The predicted molar refractivity (Wildman–Crippen MR) is 77.7 cm³/mol. The Morgan fingerprint density at radius 3 is 2.89 bits per heavy atom. The Kier molecular flexibility index (Phi) is 5.46. The van der Waals surface area contributed by atoms with Crippen molar-refractivity contribution in [1.29, 1.82) is 0 Å². The van der Waals surface area contributed by atoms with Crippen LogP contribution in [0.1, 0.15) is 52.4 Å². The van der Waals surface area contributed by atoms with Crippen LogP contribution < -0.4 is 5.73 Å². The number of hydrogen-bond acceptors (Lipinski definition) is 3. The fraction of sp³-hybridized carbons (Fsp3) is 1.00. The molecule has 3 heteroatoms. The van der Waals surface area contributed by atoms with Crippen molar-refractivity contribution in [1.82, 2.24) is 9.80 Å². The van der Waals surface area contributed by atoms with Crippen LogP contribution in [-0.2, 0) is 0 Å². The van der Waals surface area contributed by atoms with E-state index >= 15 is 0 Å². The third-order valence-corrected chi connectivity index (χ3v) is 4.86. The molecule has 0 spiro atoms. The Morgan fingerprint density at radius 2 is 2.11 bits per heavy atom. The van der Waals surface area contributed by atoms with Crippen LogP contribution in [0.15, 0.2) is 0 Å². The summed E-state index contributed by atoms with van der Waals surface area (Å²) < 4.78 is 0. The smallest absolute Gasteiger partial charge is 0.0223 e. The largest absolute Gasteiger partial charge is 0.328 e. The minimum atomic E-state index is 0.413. The maximum Gasteiger partial charge on any atom is 0.0223 e. The van der Waals surface area contributed by atoms with Crippen molar-refractivity contribution in [3.8, 4) is 0 Å². The number of piperazine rings is 1. The van der Waals surface area contributed by atoms with Gasteiger partial charge >= 0.3 is 0 Å². The van der Waals surface area contributed by atoms with Gasteiger partial charge in [0.25, 0.3) is 0 Å². The van der Waals surface area contributed by atoms with Crippen molar-refractivity contribution in [3.63, 3.8) is 0 Å². The number of hydrogen-bond donors (Lipinski definition) is 1. The van der Waals surface area contributed by atoms with Crippen molar-refractivity contribution < 1.29 is 0 Å². The van der Waals surface area contributed by atoms with E-state index in [4.69, 9.17) is 5.73 Å². The average Bonchev–Trinajstić information content (AvgIpc) is 2.39. The van der Waals surface area contributed by atoms with Gasteiger partial charge in [-0.25, -0.2) is 0 Å². The molecule has 2 N–H and O–H groups in total. The number of piperidine rings is 1. The first-order chi connectivity index (χ1) is 8.70. The van der Waals surface area contributed by atoms with Gasteiger partial charge in [-0.3, -0.25) is 9.80 Å². The Morgan fingerprint density at radius 1 is 1.28 bits per heavy atom. The van der Waals surface area contributed by atoms with Gasteiger partial charge < -0.3 is 5.73 Å². The van der Waals surface area contributed by atoms with Gasteiger partial charge in [0, 0.05) is 31.2 Å². The Labute approximate surface area is 113 Å². The zero-order valence-electron chi connectivity index (χ0n) is 12.3. The van der Waals surface area contributed by atoms with Crippen LogP contribution >= 0.6 is 0 Å². The second kappa shape index (κ2) is 6.88. The van der Waals surface area contributed by atoms with E-state index in [0.717, 1.165) is 18.5 Å². The number of nitrogens with zero attached hydrogens (tertiary/aromatic N) is 2. The standard InChI is InChI=1S/C15H31N3/c1-3-14(16)7-6-10-17-12-15-8-4-5-9-18(15)11-13(17)2/h13-15H,3-12,16H2,1-2H3. The summed E-state index contributed by atoms with van der Waals surface area (Å²) in [4.78, 5) is 5.43. The number of nitrogens with two attached hydrogens (primary N) is 1. The van der Waals surface area contributed by atoms with Crippen molar-refractivity contribution >= 4 is 0 Å². The van der Waals surface area contributed by atoms with Crippen LogP contribution in [0.4, 0.5) is 0 Å². The Bertz CT molecular complexity index is 244. The van der Waals surface area contributed by atoms with E-state index in [1.165, 1.54) is 58.3 Å². The van der Waals surface area contributed by atoms with Gasteiger partial charge in [-0.2, -0.15) is 0 Å². The Balaban J connectivity index is 1.75. The van der Waals surface area contributed by atoms with Crippen molar-refractivity contribution in [2.45, 2.75) is 70.5 Å². The maximum absolute atomic E-state index is 6.00. The Hall–Kier alpha value is -0.120. The molecule has 18 heavy (non-hydrogen) atoms. The third kappa shape index (κ3) is 3.69. The third-order valence-electron chi connectivity index (χ3n) is 4.86. The summed E-state index contributed by atoms with van der Waals surface area (Å²) in [5, 5.41) is 0. The number of rotatable bonds is 5. The molecule has 0 aromatic heterocycles. The van der Waals surface area contributed by atoms with E-state index in [1.54, 1.807) is 0 Å². The summed E-state index contributed by atoms with van der Waals surface area (Å²) >= 11 is 0. The van der Waals surface area contributed by atoms with Crippen LogP contribution in [-0.4, -0.2) is 54.1 Å². The first-order valence-corrected chi connectivity index (χ1v) is 7.94. The van der Waals surface area contributed by atoms with Gasteiger partial charge in [0.15, 0.2) is 0 Å². The molecule has 2 fully saturated rings. The number of fused-ring (bicyclic) bond motifs is 1. The highest BCUT2D eigenvalue weighted by atomic mass is 15.3. The molecule has 0 aromatic rings. The summed E-state index contributed by atoms with van der Waals surface area (Å²) in [5.41, 5.74) is 6.00. The summed E-state index contributed by atoms with van der Waals surface area (Å²) in [6, 6.07) is 1.99. The molecule has 3 nitrogen and oxygen atoms in total. The van der Waals surface area contributed by atoms with Gasteiger partial charge in [0.05, 0.1) is 0 Å². The first kappa shape index (κ1) is 14.3. The van der Waals surface area contributed by atoms with Gasteiger partial charge in [-0.1, -0.05) is 13.3 Å². The fourth-order valence-corrected chi connectivity index (χ4v) is 3.48. The fourth-order valence-electron chi connectivity index (χ4n) is 3.48.